The number of nitrogens with one attached hydrogen (secondary N) is 1. The van der Waals surface area contributed by atoms with Crippen LogP contribution >= 0.6 is 0 Å². The molecule has 0 spiro atoms. The van der Waals surface area contributed by atoms with E-state index in [1.807, 2.05) is 49.4 Å². The summed E-state index contributed by atoms with van der Waals surface area (Å²) >= 11 is 0. The molecular formula is C21H27NO2. The average Bonchev–Trinajstić information content (AvgIpc) is 2.53. The average molecular weight is 325 g/mol. The van der Waals surface area contributed by atoms with Gasteiger partial charge in [-0.05, 0) is 51.3 Å². The zero-order chi connectivity index (χ0) is 17.4. The first-order valence-electron chi connectivity index (χ1n) is 8.49. The smallest absolute Gasteiger partial charge is 0.220 e. The van der Waals surface area contributed by atoms with Crippen molar-refractivity contribution in [1.29, 1.82) is 0 Å². The molecule has 0 bridgehead atoms. The van der Waals surface area contributed by atoms with Crippen LogP contribution in [-0.4, -0.2) is 18.1 Å². The first-order chi connectivity index (χ1) is 11.4. The summed E-state index contributed by atoms with van der Waals surface area (Å²) in [6.45, 7) is 6.71. The van der Waals surface area contributed by atoms with Gasteiger partial charge < -0.3 is 10.1 Å². The molecule has 3 heteroatoms. The van der Waals surface area contributed by atoms with Crippen LogP contribution in [0.2, 0.25) is 0 Å². The van der Waals surface area contributed by atoms with E-state index in [0.29, 0.717) is 19.4 Å². The van der Waals surface area contributed by atoms with Crippen LogP contribution in [0.5, 0.6) is 5.75 Å². The minimum atomic E-state index is -0.254. The van der Waals surface area contributed by atoms with E-state index in [4.69, 9.17) is 4.74 Å². The zero-order valence-corrected chi connectivity index (χ0v) is 14.8. The number of carbonyl (C=O) groups excluding carboxylic acids is 1. The summed E-state index contributed by atoms with van der Waals surface area (Å²) < 4.78 is 5.66. The van der Waals surface area contributed by atoms with Gasteiger partial charge in [-0.2, -0.15) is 0 Å². The monoisotopic (exact) mass is 325 g/mol. The molecule has 3 nitrogen and oxygen atoms in total. The van der Waals surface area contributed by atoms with Gasteiger partial charge in [0.05, 0.1) is 6.61 Å². The fraction of sp³-hybridized carbons (Fsp3) is 0.381. The predicted octanol–water partition coefficient (Wildman–Crippen LogP) is 4.29. The number of hydrogen-bond acceptors (Lipinski definition) is 2. The van der Waals surface area contributed by atoms with Crippen LogP contribution in [-0.2, 0) is 11.2 Å². The van der Waals surface area contributed by atoms with Crippen LogP contribution in [0.1, 0.15) is 37.8 Å². The second-order valence-corrected chi connectivity index (χ2v) is 6.86. The van der Waals surface area contributed by atoms with Gasteiger partial charge in [0, 0.05) is 12.0 Å². The molecule has 2 aromatic rings. The van der Waals surface area contributed by atoms with Gasteiger partial charge in [-0.25, -0.2) is 0 Å². The van der Waals surface area contributed by atoms with Crippen molar-refractivity contribution in [2.45, 2.75) is 45.6 Å². The van der Waals surface area contributed by atoms with Gasteiger partial charge in [-0.15, -0.1) is 0 Å². The molecule has 0 saturated carbocycles. The van der Waals surface area contributed by atoms with Crippen molar-refractivity contribution in [1.82, 2.24) is 5.32 Å². The lowest BCUT2D eigenvalue weighted by Crippen LogP contribution is -2.45. The number of carbonyl (C=O) groups is 1. The largest absolute Gasteiger partial charge is 0.494 e. The molecule has 0 saturated heterocycles. The number of aryl methyl sites for hydroxylation is 1. The maximum absolute atomic E-state index is 12.1. The topological polar surface area (TPSA) is 38.3 Å². The summed E-state index contributed by atoms with van der Waals surface area (Å²) in [4.78, 5) is 12.1. The molecule has 0 fully saturated rings. The van der Waals surface area contributed by atoms with Crippen molar-refractivity contribution in [3.05, 3.63) is 65.7 Å². The van der Waals surface area contributed by atoms with Crippen molar-refractivity contribution in [3.8, 4) is 5.75 Å². The second kappa shape index (κ2) is 8.53. The van der Waals surface area contributed by atoms with E-state index < -0.39 is 0 Å². The molecule has 0 unspecified atom stereocenters. The lowest BCUT2D eigenvalue weighted by atomic mass is 9.94. The normalized spacial score (nSPS) is 11.1. The number of amides is 1. The van der Waals surface area contributed by atoms with Crippen LogP contribution < -0.4 is 10.1 Å². The highest BCUT2D eigenvalue weighted by Crippen LogP contribution is 2.14. The van der Waals surface area contributed by atoms with E-state index in [1.165, 1.54) is 11.1 Å². The van der Waals surface area contributed by atoms with Crippen LogP contribution in [0, 0.1) is 6.92 Å². The van der Waals surface area contributed by atoms with Crippen LogP contribution in [0.25, 0.3) is 0 Å². The minimum absolute atomic E-state index is 0.0726. The molecule has 2 aromatic carbocycles. The Morgan fingerprint density at radius 3 is 2.38 bits per heavy atom. The van der Waals surface area contributed by atoms with Crippen molar-refractivity contribution in [2.75, 3.05) is 6.61 Å². The molecule has 0 radical (unpaired) electrons. The highest BCUT2D eigenvalue weighted by molar-refractivity contribution is 5.76. The van der Waals surface area contributed by atoms with Gasteiger partial charge in [0.1, 0.15) is 5.75 Å². The van der Waals surface area contributed by atoms with E-state index in [2.05, 4.69) is 31.3 Å². The van der Waals surface area contributed by atoms with Gasteiger partial charge in [0.25, 0.3) is 0 Å². The summed E-state index contributed by atoms with van der Waals surface area (Å²) in [5.41, 5.74) is 2.18. The Balaban J connectivity index is 1.69. The Bertz CT molecular complexity index is 633. The Morgan fingerprint density at radius 2 is 1.71 bits per heavy atom. The van der Waals surface area contributed by atoms with Crippen LogP contribution in [0.4, 0.5) is 0 Å². The molecule has 1 amide bonds. The number of benzene rings is 2. The Morgan fingerprint density at radius 1 is 1.04 bits per heavy atom. The number of rotatable bonds is 8. The third kappa shape index (κ3) is 6.45. The molecule has 24 heavy (non-hydrogen) atoms. The standard InChI is InChI=1S/C21H27NO2/c1-17-11-13-19(14-12-17)24-15-7-10-20(23)22-21(2,3)16-18-8-5-4-6-9-18/h4-6,8-9,11-14H,7,10,15-16H2,1-3H3,(H,22,23). The van der Waals surface area contributed by atoms with E-state index in [1.54, 1.807) is 0 Å². The van der Waals surface area contributed by atoms with Gasteiger partial charge >= 0.3 is 0 Å². The van der Waals surface area contributed by atoms with Gasteiger partial charge in [-0.3, -0.25) is 4.79 Å². The van der Waals surface area contributed by atoms with E-state index in [9.17, 15) is 4.79 Å². The summed E-state index contributed by atoms with van der Waals surface area (Å²) in [6.07, 6.45) is 2.00. The van der Waals surface area contributed by atoms with Crippen molar-refractivity contribution in [3.63, 3.8) is 0 Å². The molecule has 2 rings (SSSR count). The Kier molecular flexibility index (Phi) is 6.42. The summed E-state index contributed by atoms with van der Waals surface area (Å²) in [5, 5.41) is 3.12. The molecule has 128 valence electrons. The summed E-state index contributed by atoms with van der Waals surface area (Å²) in [5.74, 6) is 0.925. The Hall–Kier alpha value is -2.29. The first-order valence-corrected chi connectivity index (χ1v) is 8.49. The van der Waals surface area contributed by atoms with Crippen molar-refractivity contribution < 1.29 is 9.53 Å². The lowest BCUT2D eigenvalue weighted by molar-refractivity contribution is -0.122. The van der Waals surface area contributed by atoms with Crippen LogP contribution in [0.15, 0.2) is 54.6 Å². The van der Waals surface area contributed by atoms with E-state index in [0.717, 1.165) is 12.2 Å². The van der Waals surface area contributed by atoms with E-state index >= 15 is 0 Å². The van der Waals surface area contributed by atoms with Gasteiger partial charge in [-0.1, -0.05) is 48.0 Å². The fourth-order valence-corrected chi connectivity index (χ4v) is 2.65. The van der Waals surface area contributed by atoms with Crippen LogP contribution in [0.3, 0.4) is 0 Å². The van der Waals surface area contributed by atoms with Crippen molar-refractivity contribution >= 4 is 5.91 Å². The van der Waals surface area contributed by atoms with E-state index in [-0.39, 0.29) is 11.4 Å². The maximum Gasteiger partial charge on any atom is 0.220 e. The molecule has 1 N–H and O–H groups in total. The highest BCUT2D eigenvalue weighted by atomic mass is 16.5. The fourth-order valence-electron chi connectivity index (χ4n) is 2.65. The third-order valence-corrected chi connectivity index (χ3v) is 3.80. The molecule has 0 aliphatic rings. The number of hydrogen-bond donors (Lipinski definition) is 1. The number of ether oxygens (including phenoxy) is 1. The molecule has 0 atom stereocenters. The second-order valence-electron chi connectivity index (χ2n) is 6.86. The summed E-state index contributed by atoms with van der Waals surface area (Å²) in [6, 6.07) is 18.2. The molecular weight excluding hydrogens is 298 g/mol. The molecule has 0 aliphatic heterocycles. The van der Waals surface area contributed by atoms with Crippen molar-refractivity contribution in [2.24, 2.45) is 0 Å². The third-order valence-electron chi connectivity index (χ3n) is 3.80. The lowest BCUT2D eigenvalue weighted by Gasteiger charge is -2.26. The van der Waals surface area contributed by atoms with Gasteiger partial charge in [0.2, 0.25) is 5.91 Å². The summed E-state index contributed by atoms with van der Waals surface area (Å²) in [7, 11) is 0. The molecule has 0 aromatic heterocycles. The highest BCUT2D eigenvalue weighted by Gasteiger charge is 2.20. The Labute approximate surface area is 145 Å². The minimum Gasteiger partial charge on any atom is -0.494 e. The first kappa shape index (κ1) is 18.1. The maximum atomic E-state index is 12.1. The SMILES string of the molecule is Cc1ccc(OCCCC(=O)NC(C)(C)Cc2ccccc2)cc1. The molecule has 0 aliphatic carbocycles. The van der Waals surface area contributed by atoms with Gasteiger partial charge in [0.15, 0.2) is 0 Å². The quantitative estimate of drug-likeness (QED) is 0.735. The zero-order valence-electron chi connectivity index (χ0n) is 14.8. The predicted molar refractivity (Wildman–Crippen MR) is 98.3 cm³/mol. The molecule has 0 heterocycles.